The summed E-state index contributed by atoms with van der Waals surface area (Å²) in [6.45, 7) is 14.5. The van der Waals surface area contributed by atoms with Crippen LogP contribution in [0, 0.1) is 0 Å². The molecule has 51 heavy (non-hydrogen) atoms. The Balaban J connectivity index is 1.20. The van der Waals surface area contributed by atoms with Gasteiger partial charge < -0.3 is 4.90 Å². The van der Waals surface area contributed by atoms with Crippen molar-refractivity contribution in [1.29, 1.82) is 0 Å². The third-order valence-electron chi connectivity index (χ3n) is 12.8. The summed E-state index contributed by atoms with van der Waals surface area (Å²) in [4.78, 5) is 2.51. The molecule has 0 atom stereocenters. The van der Waals surface area contributed by atoms with Crippen molar-refractivity contribution >= 4 is 59.3 Å². The molecule has 0 bridgehead atoms. The first-order chi connectivity index (χ1) is 24.6. The van der Waals surface area contributed by atoms with Gasteiger partial charge in [0.1, 0.15) is 0 Å². The molecule has 0 spiro atoms. The average molecular weight is 676 g/mol. The summed E-state index contributed by atoms with van der Waals surface area (Å²) in [5.41, 5.74) is 14.3. The largest absolute Gasteiger partial charge is 0.310 e. The van der Waals surface area contributed by atoms with Crippen molar-refractivity contribution in [2.24, 2.45) is 0 Å². The fourth-order valence-electron chi connectivity index (χ4n) is 9.39. The van der Waals surface area contributed by atoms with Gasteiger partial charge in [-0.05, 0) is 109 Å². The number of rotatable bonds is 3. The van der Waals surface area contributed by atoms with Crippen LogP contribution in [0.3, 0.4) is 0 Å². The van der Waals surface area contributed by atoms with Crippen LogP contribution in [0.25, 0.3) is 53.2 Å². The lowest BCUT2D eigenvalue weighted by Gasteiger charge is -2.48. The number of thiophene rings is 1. The highest BCUT2D eigenvalue weighted by molar-refractivity contribution is 7.25. The highest BCUT2D eigenvalue weighted by atomic mass is 32.1. The number of benzene rings is 7. The van der Waals surface area contributed by atoms with E-state index in [4.69, 9.17) is 0 Å². The van der Waals surface area contributed by atoms with Crippen LogP contribution in [-0.4, -0.2) is 0 Å². The Hall–Kier alpha value is -5.18. The van der Waals surface area contributed by atoms with Crippen LogP contribution < -0.4 is 4.90 Å². The van der Waals surface area contributed by atoms with E-state index in [0.717, 1.165) is 0 Å². The van der Waals surface area contributed by atoms with Crippen LogP contribution in [0.1, 0.15) is 63.8 Å². The molecule has 10 rings (SSSR count). The molecule has 8 aromatic rings. The van der Waals surface area contributed by atoms with Crippen molar-refractivity contribution in [3.63, 3.8) is 0 Å². The minimum Gasteiger partial charge on any atom is -0.310 e. The molecule has 2 aliphatic carbocycles. The van der Waals surface area contributed by atoms with Gasteiger partial charge in [-0.3, -0.25) is 0 Å². The molecular formula is C49H41NS. The van der Waals surface area contributed by atoms with E-state index < -0.39 is 0 Å². The molecule has 2 aliphatic rings. The third kappa shape index (κ3) is 4.14. The first-order valence-corrected chi connectivity index (χ1v) is 19.0. The van der Waals surface area contributed by atoms with Crippen molar-refractivity contribution in [3.05, 3.63) is 162 Å². The number of nitrogens with zero attached hydrogens (tertiary/aromatic N) is 1. The van der Waals surface area contributed by atoms with Crippen molar-refractivity contribution in [2.75, 3.05) is 4.90 Å². The van der Waals surface area contributed by atoms with Crippen molar-refractivity contribution < 1.29 is 0 Å². The van der Waals surface area contributed by atoms with Crippen molar-refractivity contribution in [2.45, 2.75) is 57.8 Å². The summed E-state index contributed by atoms with van der Waals surface area (Å²) in [6.07, 6.45) is 0. The zero-order chi connectivity index (χ0) is 34.9. The second kappa shape index (κ2) is 10.4. The van der Waals surface area contributed by atoms with Crippen LogP contribution in [-0.2, 0) is 16.2 Å². The summed E-state index contributed by atoms with van der Waals surface area (Å²) in [5, 5.41) is 5.30. The van der Waals surface area contributed by atoms with Crippen LogP contribution >= 0.6 is 11.3 Å². The van der Waals surface area contributed by atoms with Gasteiger partial charge in [0.25, 0.3) is 0 Å². The van der Waals surface area contributed by atoms with Crippen LogP contribution in [0.15, 0.2) is 140 Å². The molecule has 0 aliphatic heterocycles. The summed E-state index contributed by atoms with van der Waals surface area (Å²) in [5.74, 6) is 0. The highest BCUT2D eigenvalue weighted by Crippen LogP contribution is 2.56. The molecule has 0 amide bonds. The van der Waals surface area contributed by atoms with E-state index in [9.17, 15) is 0 Å². The Bertz CT molecular complexity index is 2740. The first kappa shape index (κ1) is 30.6. The monoisotopic (exact) mass is 675 g/mol. The van der Waals surface area contributed by atoms with Gasteiger partial charge in [0.05, 0.1) is 0 Å². The Kier molecular flexibility index (Phi) is 6.27. The zero-order valence-corrected chi connectivity index (χ0v) is 31.0. The van der Waals surface area contributed by atoms with Gasteiger partial charge in [0.2, 0.25) is 0 Å². The van der Waals surface area contributed by atoms with E-state index in [-0.39, 0.29) is 16.2 Å². The van der Waals surface area contributed by atoms with Crippen molar-refractivity contribution in [1.82, 2.24) is 0 Å². The summed E-state index contributed by atoms with van der Waals surface area (Å²) < 4.78 is 2.64. The maximum absolute atomic E-state index is 2.51. The quantitative estimate of drug-likeness (QED) is 0.180. The third-order valence-corrected chi connectivity index (χ3v) is 13.9. The van der Waals surface area contributed by atoms with E-state index in [0.29, 0.717) is 0 Å². The van der Waals surface area contributed by atoms with Gasteiger partial charge in [0.15, 0.2) is 0 Å². The van der Waals surface area contributed by atoms with Gasteiger partial charge in [-0.15, -0.1) is 11.3 Å². The molecule has 1 heterocycles. The van der Waals surface area contributed by atoms with E-state index in [1.165, 1.54) is 92.5 Å². The molecule has 248 valence electrons. The summed E-state index contributed by atoms with van der Waals surface area (Å²) in [7, 11) is 0. The first-order valence-electron chi connectivity index (χ1n) is 18.2. The van der Waals surface area contributed by atoms with Gasteiger partial charge in [0, 0.05) is 42.6 Å². The minimum atomic E-state index is -0.145. The molecule has 1 nitrogen and oxygen atoms in total. The van der Waals surface area contributed by atoms with E-state index in [2.05, 4.69) is 186 Å². The lowest BCUT2D eigenvalue weighted by molar-refractivity contribution is 0.299. The SMILES string of the molecule is CC1(C)c2cc(N(c3ccc4c(c3)C(C)(C)C(C)(C)c3ccccc3-4)c3ccc4c(c3)sc3ccccc34)ccc2-c2ccc3ccccc3c21. The number of anilines is 3. The summed E-state index contributed by atoms with van der Waals surface area (Å²) >= 11 is 1.88. The minimum absolute atomic E-state index is 0.0395. The Labute approximate surface area is 304 Å². The van der Waals surface area contributed by atoms with Crippen LogP contribution in [0.4, 0.5) is 17.1 Å². The Morgan fingerprint density at radius 1 is 0.412 bits per heavy atom. The Morgan fingerprint density at radius 3 is 1.76 bits per heavy atom. The molecule has 0 fully saturated rings. The molecule has 7 aromatic carbocycles. The highest BCUT2D eigenvalue weighted by Gasteiger charge is 2.46. The molecule has 0 N–H and O–H groups in total. The maximum atomic E-state index is 2.51. The second-order valence-electron chi connectivity index (χ2n) is 16.2. The van der Waals surface area contributed by atoms with Crippen LogP contribution in [0.2, 0.25) is 0 Å². The number of hydrogen-bond acceptors (Lipinski definition) is 2. The van der Waals surface area contributed by atoms with Gasteiger partial charge in [-0.1, -0.05) is 139 Å². The molecule has 2 heteroatoms. The zero-order valence-electron chi connectivity index (χ0n) is 30.1. The molecule has 1 aromatic heterocycles. The van der Waals surface area contributed by atoms with Crippen LogP contribution in [0.5, 0.6) is 0 Å². The number of hydrogen-bond donors (Lipinski definition) is 0. The van der Waals surface area contributed by atoms with Crippen molar-refractivity contribution in [3.8, 4) is 22.3 Å². The van der Waals surface area contributed by atoms with E-state index in [1.54, 1.807) is 0 Å². The molecule has 0 saturated heterocycles. The lowest BCUT2D eigenvalue weighted by Crippen LogP contribution is -2.43. The lowest BCUT2D eigenvalue weighted by atomic mass is 9.55. The van der Waals surface area contributed by atoms with Gasteiger partial charge in [-0.25, -0.2) is 0 Å². The predicted molar refractivity (Wildman–Crippen MR) is 221 cm³/mol. The van der Waals surface area contributed by atoms with Gasteiger partial charge in [-0.2, -0.15) is 0 Å². The fraction of sp³-hybridized carbons (Fsp3) is 0.184. The molecule has 0 radical (unpaired) electrons. The smallest absolute Gasteiger partial charge is 0.0476 e. The Morgan fingerprint density at radius 2 is 0.961 bits per heavy atom. The molecular weight excluding hydrogens is 635 g/mol. The topological polar surface area (TPSA) is 3.24 Å². The normalized spacial score (nSPS) is 16.1. The fourth-order valence-corrected chi connectivity index (χ4v) is 10.5. The van der Waals surface area contributed by atoms with E-state index >= 15 is 0 Å². The van der Waals surface area contributed by atoms with Gasteiger partial charge >= 0.3 is 0 Å². The average Bonchev–Trinajstić information content (AvgIpc) is 3.62. The molecule has 0 unspecified atom stereocenters. The molecule has 0 saturated carbocycles. The number of fused-ring (bicyclic) bond motifs is 11. The second-order valence-corrected chi connectivity index (χ2v) is 17.3. The predicted octanol–water partition coefficient (Wildman–Crippen LogP) is 14.2. The standard InChI is InChI=1S/C49H41NS/c1-47(2)42-27-31(21-25-37(42)40-23-19-30-13-7-8-14-34(30)46(40)47)50(33-22-26-39-38-16-10-12-18-44(38)51-45(39)29-33)32-20-24-36-35-15-9-11-17-41(35)48(3,4)49(5,6)43(36)28-32/h7-29H,1-6H3. The van der Waals surface area contributed by atoms with E-state index in [1.807, 2.05) is 11.3 Å². The summed E-state index contributed by atoms with van der Waals surface area (Å²) in [6, 6.07) is 52.8. The maximum Gasteiger partial charge on any atom is 0.0476 e.